The second kappa shape index (κ2) is 7.43. The minimum absolute atomic E-state index is 0.482. The van der Waals surface area contributed by atoms with Crippen LogP contribution in [0.4, 0.5) is 0 Å². The Morgan fingerprint density at radius 2 is 1.60 bits per heavy atom. The standard InChI is InChI=1S/C23H28N2/c1-2-3-6-15-22-21(19-13-9-5-10-14-19)17-25(24-22)23-16-20(23)18-11-7-4-8-12-18/h4-5,7-14,20-21,23H,2-3,6,15-17H2,1H3/t20-,21?,23+/m0/s1. The van der Waals surface area contributed by atoms with Gasteiger partial charge in [0, 0.05) is 24.1 Å². The molecule has 1 fully saturated rings. The topological polar surface area (TPSA) is 15.6 Å². The van der Waals surface area contributed by atoms with Gasteiger partial charge in [-0.15, -0.1) is 0 Å². The quantitative estimate of drug-likeness (QED) is 0.604. The van der Waals surface area contributed by atoms with Crippen LogP contribution >= 0.6 is 0 Å². The number of nitrogens with zero attached hydrogens (tertiary/aromatic N) is 2. The van der Waals surface area contributed by atoms with Gasteiger partial charge in [-0.3, -0.25) is 5.01 Å². The summed E-state index contributed by atoms with van der Waals surface area (Å²) >= 11 is 0. The van der Waals surface area contributed by atoms with Crippen molar-refractivity contribution in [3.05, 3.63) is 71.8 Å². The van der Waals surface area contributed by atoms with Crippen LogP contribution in [0, 0.1) is 0 Å². The highest BCUT2D eigenvalue weighted by Gasteiger charge is 2.45. The molecule has 0 bridgehead atoms. The van der Waals surface area contributed by atoms with E-state index in [1.54, 1.807) is 0 Å². The fraction of sp³-hybridized carbons (Fsp3) is 0.435. The molecule has 0 aromatic heterocycles. The van der Waals surface area contributed by atoms with E-state index in [-0.39, 0.29) is 0 Å². The SMILES string of the molecule is CCCCCC1=NN([C@@H]2C[C@H]2c2ccccc2)CC1c1ccccc1. The molecule has 2 aliphatic rings. The molecule has 3 atom stereocenters. The highest BCUT2D eigenvalue weighted by Crippen LogP contribution is 2.47. The molecule has 1 unspecified atom stereocenters. The molecule has 2 aromatic rings. The van der Waals surface area contributed by atoms with Crippen LogP contribution < -0.4 is 0 Å². The lowest BCUT2D eigenvalue weighted by atomic mass is 9.92. The molecule has 2 aromatic carbocycles. The molecule has 1 aliphatic heterocycles. The third kappa shape index (κ3) is 3.63. The van der Waals surface area contributed by atoms with Gasteiger partial charge in [0.1, 0.15) is 0 Å². The maximum atomic E-state index is 5.11. The molecule has 0 radical (unpaired) electrons. The van der Waals surface area contributed by atoms with Gasteiger partial charge >= 0.3 is 0 Å². The van der Waals surface area contributed by atoms with E-state index < -0.39 is 0 Å². The van der Waals surface area contributed by atoms with Crippen LogP contribution in [0.3, 0.4) is 0 Å². The largest absolute Gasteiger partial charge is 0.292 e. The number of benzene rings is 2. The van der Waals surface area contributed by atoms with Gasteiger partial charge in [-0.1, -0.05) is 80.4 Å². The molecule has 25 heavy (non-hydrogen) atoms. The van der Waals surface area contributed by atoms with Gasteiger partial charge in [0.2, 0.25) is 0 Å². The molecule has 1 heterocycles. The van der Waals surface area contributed by atoms with Crippen molar-refractivity contribution in [1.29, 1.82) is 0 Å². The molecular formula is C23H28N2. The van der Waals surface area contributed by atoms with Gasteiger partial charge in [0.15, 0.2) is 0 Å². The zero-order valence-electron chi connectivity index (χ0n) is 15.1. The highest BCUT2D eigenvalue weighted by atomic mass is 15.5. The summed E-state index contributed by atoms with van der Waals surface area (Å²) in [4.78, 5) is 0. The zero-order chi connectivity index (χ0) is 17.1. The number of rotatable bonds is 7. The zero-order valence-corrected chi connectivity index (χ0v) is 15.1. The van der Waals surface area contributed by atoms with Crippen molar-refractivity contribution >= 4 is 5.71 Å². The van der Waals surface area contributed by atoms with E-state index in [0.717, 1.165) is 13.0 Å². The third-order valence-electron chi connectivity index (χ3n) is 5.63. The molecule has 4 rings (SSSR count). The molecule has 0 amide bonds. The van der Waals surface area contributed by atoms with E-state index in [4.69, 9.17) is 5.10 Å². The Bertz CT molecular complexity index is 707. The average Bonchev–Trinajstić information content (AvgIpc) is 3.36. The summed E-state index contributed by atoms with van der Waals surface area (Å²) < 4.78 is 0. The Morgan fingerprint density at radius 1 is 0.920 bits per heavy atom. The van der Waals surface area contributed by atoms with E-state index in [1.165, 1.54) is 42.5 Å². The van der Waals surface area contributed by atoms with Crippen LogP contribution in [0.2, 0.25) is 0 Å². The van der Waals surface area contributed by atoms with Crippen LogP contribution in [0.1, 0.15) is 62.0 Å². The predicted molar refractivity (Wildman–Crippen MR) is 105 cm³/mol. The Balaban J connectivity index is 1.48. The molecule has 1 saturated carbocycles. The van der Waals surface area contributed by atoms with E-state index in [0.29, 0.717) is 17.9 Å². The minimum Gasteiger partial charge on any atom is -0.292 e. The van der Waals surface area contributed by atoms with Crippen molar-refractivity contribution < 1.29 is 0 Å². The highest BCUT2D eigenvalue weighted by molar-refractivity contribution is 5.92. The van der Waals surface area contributed by atoms with Crippen molar-refractivity contribution in [3.63, 3.8) is 0 Å². The van der Waals surface area contributed by atoms with Gasteiger partial charge in [-0.2, -0.15) is 5.10 Å². The summed E-state index contributed by atoms with van der Waals surface area (Å²) in [7, 11) is 0. The third-order valence-corrected chi connectivity index (χ3v) is 5.63. The first-order chi connectivity index (χ1) is 12.4. The second-order valence-electron chi connectivity index (χ2n) is 7.45. The normalized spacial score (nSPS) is 25.1. The summed E-state index contributed by atoms with van der Waals surface area (Å²) in [5, 5.41) is 7.50. The van der Waals surface area contributed by atoms with Crippen molar-refractivity contribution in [2.45, 2.75) is 56.9 Å². The van der Waals surface area contributed by atoms with E-state index >= 15 is 0 Å². The average molecular weight is 332 g/mol. The lowest BCUT2D eigenvalue weighted by Crippen LogP contribution is -2.21. The van der Waals surface area contributed by atoms with Crippen LogP contribution in [-0.4, -0.2) is 23.3 Å². The van der Waals surface area contributed by atoms with Gasteiger partial charge < -0.3 is 0 Å². The number of unbranched alkanes of at least 4 members (excludes halogenated alkanes) is 2. The van der Waals surface area contributed by atoms with E-state index in [9.17, 15) is 0 Å². The van der Waals surface area contributed by atoms with Gasteiger partial charge in [0.05, 0.1) is 6.04 Å². The van der Waals surface area contributed by atoms with Gasteiger partial charge in [0.25, 0.3) is 0 Å². The number of hydrogen-bond donors (Lipinski definition) is 0. The smallest absolute Gasteiger partial charge is 0.0546 e. The van der Waals surface area contributed by atoms with Crippen molar-refractivity contribution in [1.82, 2.24) is 5.01 Å². The van der Waals surface area contributed by atoms with Crippen LogP contribution in [0.15, 0.2) is 65.8 Å². The van der Waals surface area contributed by atoms with Crippen molar-refractivity contribution in [3.8, 4) is 0 Å². The lowest BCUT2D eigenvalue weighted by molar-refractivity contribution is 0.294. The predicted octanol–water partition coefficient (Wildman–Crippen LogP) is 5.58. The minimum atomic E-state index is 0.482. The van der Waals surface area contributed by atoms with Crippen LogP contribution in [-0.2, 0) is 0 Å². The monoisotopic (exact) mass is 332 g/mol. The Morgan fingerprint density at radius 3 is 2.28 bits per heavy atom. The Hall–Kier alpha value is -2.09. The molecule has 0 saturated heterocycles. The summed E-state index contributed by atoms with van der Waals surface area (Å²) in [6, 6.07) is 22.5. The molecule has 2 nitrogen and oxygen atoms in total. The van der Waals surface area contributed by atoms with Crippen molar-refractivity contribution in [2.75, 3.05) is 6.54 Å². The Labute approximate surface area is 151 Å². The molecule has 2 heteroatoms. The summed E-state index contributed by atoms with van der Waals surface area (Å²) in [6.45, 7) is 3.32. The molecule has 1 aliphatic carbocycles. The van der Waals surface area contributed by atoms with E-state index in [1.807, 2.05) is 0 Å². The van der Waals surface area contributed by atoms with Crippen molar-refractivity contribution in [2.24, 2.45) is 5.10 Å². The first-order valence-corrected chi connectivity index (χ1v) is 9.80. The first-order valence-electron chi connectivity index (χ1n) is 9.80. The maximum absolute atomic E-state index is 5.11. The van der Waals surface area contributed by atoms with Gasteiger partial charge in [-0.25, -0.2) is 0 Å². The van der Waals surface area contributed by atoms with Gasteiger partial charge in [-0.05, 0) is 30.4 Å². The fourth-order valence-electron chi connectivity index (χ4n) is 4.11. The van der Waals surface area contributed by atoms with E-state index in [2.05, 4.69) is 72.6 Å². The fourth-order valence-corrected chi connectivity index (χ4v) is 4.11. The summed E-state index contributed by atoms with van der Waals surface area (Å²) in [6.07, 6.45) is 6.23. The molecule has 0 spiro atoms. The van der Waals surface area contributed by atoms with Crippen LogP contribution in [0.5, 0.6) is 0 Å². The second-order valence-corrected chi connectivity index (χ2v) is 7.45. The van der Waals surface area contributed by atoms with Crippen LogP contribution in [0.25, 0.3) is 0 Å². The summed E-state index contributed by atoms with van der Waals surface area (Å²) in [5.41, 5.74) is 4.30. The lowest BCUT2D eigenvalue weighted by Gasteiger charge is -2.17. The summed E-state index contributed by atoms with van der Waals surface area (Å²) in [5.74, 6) is 1.14. The Kier molecular flexibility index (Phi) is 4.87. The molecule has 130 valence electrons. The number of hydrazone groups is 1. The number of hydrogen-bond acceptors (Lipinski definition) is 2. The molecule has 0 N–H and O–H groups in total. The first kappa shape index (κ1) is 16.4. The maximum Gasteiger partial charge on any atom is 0.0546 e. The molecular weight excluding hydrogens is 304 g/mol.